The second kappa shape index (κ2) is 6.24. The Hall–Kier alpha value is -2.25. The average Bonchev–Trinajstić information content (AvgIpc) is 3.29. The fourth-order valence-electron chi connectivity index (χ4n) is 3.07. The van der Waals surface area contributed by atoms with Crippen molar-refractivity contribution in [1.29, 1.82) is 0 Å². The van der Waals surface area contributed by atoms with Crippen molar-refractivity contribution in [3.63, 3.8) is 0 Å². The molecule has 1 saturated heterocycles. The summed E-state index contributed by atoms with van der Waals surface area (Å²) in [5.74, 6) is -0.188. The summed E-state index contributed by atoms with van der Waals surface area (Å²) in [4.78, 5) is 19.0. The molecule has 1 amide bonds. The van der Waals surface area contributed by atoms with Crippen molar-refractivity contribution in [1.82, 2.24) is 9.88 Å². The van der Waals surface area contributed by atoms with Gasteiger partial charge in [0.1, 0.15) is 0 Å². The number of para-hydroxylation sites is 1. The molecule has 128 valence electrons. The van der Waals surface area contributed by atoms with Gasteiger partial charge in [-0.25, -0.2) is 13.4 Å². The van der Waals surface area contributed by atoms with Crippen LogP contribution in [0.1, 0.15) is 16.2 Å². The van der Waals surface area contributed by atoms with Crippen LogP contribution in [-0.4, -0.2) is 42.5 Å². The smallest absolute Gasteiger partial charge is 0.282 e. The molecule has 0 unspecified atom stereocenters. The molecule has 1 fully saturated rings. The van der Waals surface area contributed by atoms with E-state index in [1.54, 1.807) is 35.2 Å². The summed E-state index contributed by atoms with van der Waals surface area (Å²) in [6.07, 6.45) is 0.452. The van der Waals surface area contributed by atoms with Crippen LogP contribution in [0, 0.1) is 0 Å². The molecule has 1 atom stereocenters. The molecule has 1 aromatic heterocycles. The highest BCUT2D eigenvalue weighted by atomic mass is 32.2. The summed E-state index contributed by atoms with van der Waals surface area (Å²) in [5, 5.41) is -0.146. The largest absolute Gasteiger partial charge is 0.335 e. The molecule has 5 nitrogen and oxygen atoms in total. The summed E-state index contributed by atoms with van der Waals surface area (Å²) in [6.45, 7) is 0.650. The summed E-state index contributed by atoms with van der Waals surface area (Å²) in [6, 6.07) is 16.0. The third-order valence-corrected chi connectivity index (χ3v) is 7.64. The van der Waals surface area contributed by atoms with E-state index in [-0.39, 0.29) is 12.5 Å². The molecular formula is C18H16N2O3S2. The van der Waals surface area contributed by atoms with E-state index in [9.17, 15) is 13.2 Å². The van der Waals surface area contributed by atoms with E-state index in [4.69, 9.17) is 0 Å². The van der Waals surface area contributed by atoms with Gasteiger partial charge in [-0.05, 0) is 30.7 Å². The number of carbonyl (C=O) groups excluding carboxylic acids is 1. The molecule has 1 aliphatic heterocycles. The molecule has 2 heterocycles. The van der Waals surface area contributed by atoms with Crippen molar-refractivity contribution in [2.45, 2.75) is 16.6 Å². The van der Waals surface area contributed by atoms with Crippen LogP contribution in [0.4, 0.5) is 0 Å². The molecule has 0 spiro atoms. The third-order valence-electron chi connectivity index (χ3n) is 4.42. The number of benzene rings is 2. The van der Waals surface area contributed by atoms with Gasteiger partial charge in [-0.15, -0.1) is 11.3 Å². The van der Waals surface area contributed by atoms with Crippen LogP contribution in [-0.2, 0) is 9.84 Å². The lowest BCUT2D eigenvalue weighted by molar-refractivity contribution is 0.0793. The Morgan fingerprint density at radius 3 is 2.56 bits per heavy atom. The predicted molar refractivity (Wildman–Crippen MR) is 97.6 cm³/mol. The Kier molecular flexibility index (Phi) is 4.05. The average molecular weight is 372 g/mol. The van der Waals surface area contributed by atoms with Gasteiger partial charge in [0.2, 0.25) is 0 Å². The van der Waals surface area contributed by atoms with Crippen molar-refractivity contribution in [3.8, 4) is 0 Å². The Labute approximate surface area is 149 Å². The van der Waals surface area contributed by atoms with Crippen LogP contribution in [0.3, 0.4) is 0 Å². The van der Waals surface area contributed by atoms with Crippen LogP contribution in [0.15, 0.2) is 59.5 Å². The molecule has 0 bridgehead atoms. The quantitative estimate of drug-likeness (QED) is 0.709. The van der Waals surface area contributed by atoms with Crippen molar-refractivity contribution in [2.24, 2.45) is 0 Å². The minimum absolute atomic E-state index is 0.188. The monoisotopic (exact) mass is 372 g/mol. The number of thiazole rings is 1. The highest BCUT2D eigenvalue weighted by molar-refractivity contribution is 7.92. The Morgan fingerprint density at radius 1 is 1.08 bits per heavy atom. The first-order chi connectivity index (χ1) is 12.1. The Balaban J connectivity index is 1.55. The lowest BCUT2D eigenvalue weighted by Gasteiger charge is -2.15. The van der Waals surface area contributed by atoms with E-state index in [2.05, 4.69) is 4.98 Å². The first-order valence-electron chi connectivity index (χ1n) is 7.99. The molecule has 25 heavy (non-hydrogen) atoms. The highest BCUT2D eigenvalue weighted by Gasteiger charge is 2.37. The van der Waals surface area contributed by atoms with Gasteiger partial charge in [0.15, 0.2) is 14.8 Å². The molecule has 2 aromatic carbocycles. The van der Waals surface area contributed by atoms with Crippen molar-refractivity contribution in [3.05, 3.63) is 59.6 Å². The van der Waals surface area contributed by atoms with Crippen LogP contribution in [0.2, 0.25) is 0 Å². The van der Waals surface area contributed by atoms with Gasteiger partial charge in [0, 0.05) is 13.1 Å². The summed E-state index contributed by atoms with van der Waals surface area (Å²) >= 11 is 1.35. The molecule has 7 heteroatoms. The van der Waals surface area contributed by atoms with Crippen molar-refractivity contribution in [2.75, 3.05) is 13.1 Å². The zero-order valence-corrected chi connectivity index (χ0v) is 15.0. The maximum Gasteiger partial charge on any atom is 0.282 e. The molecule has 0 radical (unpaired) electrons. The predicted octanol–water partition coefficient (Wildman–Crippen LogP) is 2.98. The first-order valence-corrected chi connectivity index (χ1v) is 10.4. The standard InChI is InChI=1S/C18H16N2O3S2/c21-18(17-19-15-8-4-5-9-16(15)24-17)20-11-10-14(12-20)25(22,23)13-6-2-1-3-7-13/h1-9,14H,10-12H2/t14-/m1/s1. The second-order valence-corrected chi connectivity index (χ2v) is 9.27. The Bertz CT molecular complexity index is 996. The number of nitrogens with zero attached hydrogens (tertiary/aromatic N) is 2. The van der Waals surface area contributed by atoms with Crippen LogP contribution < -0.4 is 0 Å². The fraction of sp³-hybridized carbons (Fsp3) is 0.222. The van der Waals surface area contributed by atoms with Crippen molar-refractivity contribution < 1.29 is 13.2 Å². The van der Waals surface area contributed by atoms with E-state index in [1.807, 2.05) is 24.3 Å². The SMILES string of the molecule is O=C(c1nc2ccccc2s1)N1CC[C@@H](S(=O)(=O)c2ccccc2)C1. The fourth-order valence-corrected chi connectivity index (χ4v) is 5.71. The molecule has 0 saturated carbocycles. The van der Waals surface area contributed by atoms with Crippen LogP contribution in [0.25, 0.3) is 10.2 Å². The normalized spacial score (nSPS) is 17.9. The van der Waals surface area contributed by atoms with Gasteiger partial charge in [-0.1, -0.05) is 30.3 Å². The third kappa shape index (κ3) is 2.94. The van der Waals surface area contributed by atoms with Gasteiger partial charge in [-0.3, -0.25) is 4.79 Å². The minimum Gasteiger partial charge on any atom is -0.335 e. The molecular weight excluding hydrogens is 356 g/mol. The number of carbonyl (C=O) groups is 1. The molecule has 0 N–H and O–H groups in total. The summed E-state index contributed by atoms with van der Waals surface area (Å²) in [7, 11) is -3.42. The molecule has 4 rings (SSSR count). The van der Waals surface area contributed by atoms with E-state index < -0.39 is 15.1 Å². The van der Waals surface area contributed by atoms with Crippen LogP contribution >= 0.6 is 11.3 Å². The van der Waals surface area contributed by atoms with Crippen LogP contribution in [0.5, 0.6) is 0 Å². The number of amides is 1. The van der Waals surface area contributed by atoms with E-state index in [0.29, 0.717) is 22.9 Å². The van der Waals surface area contributed by atoms with Gasteiger partial charge in [0.25, 0.3) is 5.91 Å². The van der Waals surface area contributed by atoms with Gasteiger partial charge in [0.05, 0.1) is 20.4 Å². The number of hydrogen-bond acceptors (Lipinski definition) is 5. The number of hydrogen-bond donors (Lipinski definition) is 0. The van der Waals surface area contributed by atoms with Gasteiger partial charge >= 0.3 is 0 Å². The highest BCUT2D eigenvalue weighted by Crippen LogP contribution is 2.27. The number of likely N-dealkylation sites (tertiary alicyclic amines) is 1. The topological polar surface area (TPSA) is 67.3 Å². The lowest BCUT2D eigenvalue weighted by Crippen LogP contribution is -2.31. The lowest BCUT2D eigenvalue weighted by atomic mass is 10.3. The summed E-state index contributed by atoms with van der Waals surface area (Å²) in [5.41, 5.74) is 0.795. The number of sulfone groups is 1. The van der Waals surface area contributed by atoms with Gasteiger partial charge < -0.3 is 4.90 Å². The minimum atomic E-state index is -3.42. The Morgan fingerprint density at radius 2 is 1.80 bits per heavy atom. The zero-order chi connectivity index (χ0) is 17.4. The van der Waals surface area contributed by atoms with Gasteiger partial charge in [-0.2, -0.15) is 0 Å². The molecule has 1 aliphatic rings. The maximum atomic E-state index is 12.7. The number of rotatable bonds is 3. The number of fused-ring (bicyclic) bond motifs is 1. The maximum absolute atomic E-state index is 12.7. The van der Waals surface area contributed by atoms with E-state index in [1.165, 1.54) is 11.3 Å². The van der Waals surface area contributed by atoms with E-state index >= 15 is 0 Å². The second-order valence-electron chi connectivity index (χ2n) is 6.01. The van der Waals surface area contributed by atoms with E-state index in [0.717, 1.165) is 10.2 Å². The molecule has 0 aliphatic carbocycles. The zero-order valence-electron chi connectivity index (χ0n) is 13.3. The molecule has 3 aromatic rings. The summed E-state index contributed by atoms with van der Waals surface area (Å²) < 4.78 is 26.4. The first kappa shape index (κ1) is 16.2. The number of aromatic nitrogens is 1. The van der Waals surface area contributed by atoms with Crippen molar-refractivity contribution >= 4 is 37.3 Å².